The highest BCUT2D eigenvalue weighted by Gasteiger charge is 2.48. The van der Waals surface area contributed by atoms with Gasteiger partial charge in [0.2, 0.25) is 0 Å². The van der Waals surface area contributed by atoms with E-state index in [0.717, 1.165) is 12.8 Å². The molecular formula is C10H20FN. The van der Waals surface area contributed by atoms with E-state index in [4.69, 9.17) is 5.73 Å². The Balaban J connectivity index is 2.68. The van der Waals surface area contributed by atoms with Gasteiger partial charge in [0, 0.05) is 12.0 Å². The minimum Gasteiger partial charge on any atom is -0.330 e. The first-order valence-electron chi connectivity index (χ1n) is 4.81. The maximum Gasteiger partial charge on any atom is 0.117 e. The van der Waals surface area contributed by atoms with Crippen molar-refractivity contribution < 1.29 is 4.39 Å². The molecule has 0 aromatic heterocycles. The minimum atomic E-state index is -1.08. The fourth-order valence-electron chi connectivity index (χ4n) is 1.70. The van der Waals surface area contributed by atoms with Gasteiger partial charge >= 0.3 is 0 Å². The Bertz CT molecular complexity index is 159. The number of halogens is 1. The number of rotatable bonds is 3. The van der Waals surface area contributed by atoms with Crippen LogP contribution in [0.15, 0.2) is 0 Å². The van der Waals surface area contributed by atoms with Gasteiger partial charge in [-0.1, -0.05) is 20.3 Å². The lowest BCUT2D eigenvalue weighted by Crippen LogP contribution is -2.50. The maximum absolute atomic E-state index is 14.2. The van der Waals surface area contributed by atoms with Crippen molar-refractivity contribution in [1.29, 1.82) is 0 Å². The monoisotopic (exact) mass is 173 g/mol. The molecule has 0 amide bonds. The molecule has 1 nitrogen and oxygen atoms in total. The van der Waals surface area contributed by atoms with Crippen LogP contribution < -0.4 is 5.73 Å². The molecule has 0 aromatic carbocycles. The maximum atomic E-state index is 14.2. The summed E-state index contributed by atoms with van der Waals surface area (Å²) in [5, 5.41) is 0. The second-order valence-electron chi connectivity index (χ2n) is 4.79. The van der Waals surface area contributed by atoms with Crippen molar-refractivity contribution in [2.75, 3.05) is 6.54 Å². The summed E-state index contributed by atoms with van der Waals surface area (Å²) in [4.78, 5) is 0. The minimum absolute atomic E-state index is 0.246. The second kappa shape index (κ2) is 2.99. The molecule has 0 spiro atoms. The summed E-state index contributed by atoms with van der Waals surface area (Å²) in [6.45, 7) is 5.98. The third-order valence-corrected chi connectivity index (χ3v) is 3.71. The Morgan fingerprint density at radius 3 is 2.08 bits per heavy atom. The molecule has 0 bridgehead atoms. The molecule has 0 radical (unpaired) electrons. The average molecular weight is 173 g/mol. The molecule has 1 aliphatic rings. The molecule has 1 rings (SSSR count). The predicted molar refractivity (Wildman–Crippen MR) is 49.7 cm³/mol. The van der Waals surface area contributed by atoms with Gasteiger partial charge in [-0.3, -0.25) is 0 Å². The van der Waals surface area contributed by atoms with E-state index in [1.807, 2.05) is 13.8 Å². The standard InChI is InChI=1S/C10H20FN/c1-9(2,7-12)10(3,11)8-5-4-6-8/h8H,4-7,12H2,1-3H3. The predicted octanol–water partition coefficient (Wildman–Crippen LogP) is 2.50. The van der Waals surface area contributed by atoms with Crippen LogP contribution in [0.2, 0.25) is 0 Å². The van der Waals surface area contributed by atoms with Crippen molar-refractivity contribution in [1.82, 2.24) is 0 Å². The number of hydrogen-bond donors (Lipinski definition) is 1. The molecule has 1 fully saturated rings. The lowest BCUT2D eigenvalue weighted by molar-refractivity contribution is -0.0476. The summed E-state index contributed by atoms with van der Waals surface area (Å²) in [6, 6.07) is 0. The summed E-state index contributed by atoms with van der Waals surface area (Å²) < 4.78 is 14.2. The number of alkyl halides is 1. The molecule has 1 atom stereocenters. The second-order valence-corrected chi connectivity index (χ2v) is 4.79. The molecule has 1 unspecified atom stereocenters. The van der Waals surface area contributed by atoms with Crippen LogP contribution in [0.3, 0.4) is 0 Å². The molecular weight excluding hydrogens is 153 g/mol. The molecule has 0 aliphatic heterocycles. The van der Waals surface area contributed by atoms with Crippen LogP contribution >= 0.6 is 0 Å². The van der Waals surface area contributed by atoms with E-state index in [-0.39, 0.29) is 11.3 Å². The summed E-state index contributed by atoms with van der Waals surface area (Å²) >= 11 is 0. The number of hydrogen-bond acceptors (Lipinski definition) is 1. The summed E-state index contributed by atoms with van der Waals surface area (Å²) in [7, 11) is 0. The van der Waals surface area contributed by atoms with E-state index in [1.54, 1.807) is 6.92 Å². The molecule has 0 heterocycles. The van der Waals surface area contributed by atoms with Gasteiger partial charge in [0.25, 0.3) is 0 Å². The van der Waals surface area contributed by atoms with Gasteiger partial charge in [-0.05, 0) is 25.7 Å². The van der Waals surface area contributed by atoms with Crippen molar-refractivity contribution in [3.8, 4) is 0 Å². The van der Waals surface area contributed by atoms with Crippen LogP contribution in [-0.4, -0.2) is 12.2 Å². The third kappa shape index (κ3) is 1.37. The first-order valence-corrected chi connectivity index (χ1v) is 4.81. The largest absolute Gasteiger partial charge is 0.330 e. The summed E-state index contributed by atoms with van der Waals surface area (Å²) in [5.74, 6) is 0.246. The van der Waals surface area contributed by atoms with E-state index < -0.39 is 5.67 Å². The molecule has 2 N–H and O–H groups in total. The fraction of sp³-hybridized carbons (Fsp3) is 1.00. The Labute approximate surface area is 74.5 Å². The van der Waals surface area contributed by atoms with Crippen LogP contribution in [0.5, 0.6) is 0 Å². The van der Waals surface area contributed by atoms with Crippen LogP contribution in [0.25, 0.3) is 0 Å². The average Bonchev–Trinajstić information content (AvgIpc) is 1.82. The van der Waals surface area contributed by atoms with Crippen LogP contribution in [-0.2, 0) is 0 Å². The highest BCUT2D eigenvalue weighted by atomic mass is 19.1. The van der Waals surface area contributed by atoms with Gasteiger partial charge in [0.1, 0.15) is 5.67 Å². The lowest BCUT2D eigenvalue weighted by Gasteiger charge is -2.46. The smallest absolute Gasteiger partial charge is 0.117 e. The summed E-state index contributed by atoms with van der Waals surface area (Å²) in [5.41, 5.74) is 4.11. The van der Waals surface area contributed by atoms with E-state index in [0.29, 0.717) is 6.54 Å². The highest BCUT2D eigenvalue weighted by Crippen LogP contribution is 2.47. The van der Waals surface area contributed by atoms with Crippen molar-refractivity contribution in [3.63, 3.8) is 0 Å². The fourth-order valence-corrected chi connectivity index (χ4v) is 1.70. The lowest BCUT2D eigenvalue weighted by atomic mass is 9.63. The van der Waals surface area contributed by atoms with Crippen molar-refractivity contribution >= 4 is 0 Å². The molecule has 2 heteroatoms. The number of nitrogens with two attached hydrogens (primary N) is 1. The van der Waals surface area contributed by atoms with E-state index in [1.165, 1.54) is 6.42 Å². The Morgan fingerprint density at radius 1 is 1.33 bits per heavy atom. The van der Waals surface area contributed by atoms with Crippen molar-refractivity contribution in [3.05, 3.63) is 0 Å². The normalized spacial score (nSPS) is 24.8. The molecule has 1 aliphatic carbocycles. The Hall–Kier alpha value is -0.110. The van der Waals surface area contributed by atoms with Crippen LogP contribution in [0, 0.1) is 11.3 Å². The molecule has 12 heavy (non-hydrogen) atoms. The molecule has 72 valence electrons. The molecule has 0 saturated heterocycles. The summed E-state index contributed by atoms with van der Waals surface area (Å²) in [6.07, 6.45) is 3.26. The van der Waals surface area contributed by atoms with Gasteiger partial charge in [-0.2, -0.15) is 0 Å². The molecule has 1 saturated carbocycles. The SMILES string of the molecule is CC(C)(CN)C(C)(F)C1CCC1. The highest BCUT2D eigenvalue weighted by molar-refractivity contribution is 4.98. The van der Waals surface area contributed by atoms with Crippen molar-refractivity contribution in [2.24, 2.45) is 17.1 Å². The quantitative estimate of drug-likeness (QED) is 0.697. The zero-order valence-corrected chi connectivity index (χ0v) is 8.36. The van der Waals surface area contributed by atoms with Crippen molar-refractivity contribution in [2.45, 2.75) is 45.7 Å². The van der Waals surface area contributed by atoms with Gasteiger partial charge in [-0.15, -0.1) is 0 Å². The first-order chi connectivity index (χ1) is 5.42. The van der Waals surface area contributed by atoms with E-state index in [9.17, 15) is 4.39 Å². The van der Waals surface area contributed by atoms with Gasteiger partial charge in [0.05, 0.1) is 0 Å². The van der Waals surface area contributed by atoms with Gasteiger partial charge in [-0.25, -0.2) is 4.39 Å². The van der Waals surface area contributed by atoms with Crippen LogP contribution in [0.4, 0.5) is 4.39 Å². The third-order valence-electron chi connectivity index (χ3n) is 3.71. The first kappa shape index (κ1) is 9.97. The zero-order valence-electron chi connectivity index (χ0n) is 8.36. The van der Waals surface area contributed by atoms with E-state index in [2.05, 4.69) is 0 Å². The Kier molecular flexibility index (Phi) is 2.48. The molecule has 0 aromatic rings. The topological polar surface area (TPSA) is 26.0 Å². The zero-order chi connectivity index (χ0) is 9.41. The van der Waals surface area contributed by atoms with Gasteiger partial charge in [0.15, 0.2) is 0 Å². The van der Waals surface area contributed by atoms with Gasteiger partial charge < -0.3 is 5.73 Å². The van der Waals surface area contributed by atoms with Crippen LogP contribution in [0.1, 0.15) is 40.0 Å². The Morgan fingerprint density at radius 2 is 1.83 bits per heavy atom. The van der Waals surface area contributed by atoms with E-state index >= 15 is 0 Å².